The second kappa shape index (κ2) is 5.19. The number of hydrogen-bond acceptors (Lipinski definition) is 3. The molecule has 0 spiro atoms. The predicted octanol–water partition coefficient (Wildman–Crippen LogP) is 2.12. The van der Waals surface area contributed by atoms with Crippen LogP contribution in [-0.2, 0) is 6.42 Å². The van der Waals surface area contributed by atoms with E-state index >= 15 is 0 Å². The molecule has 2 N–H and O–H groups in total. The molecule has 1 aromatic carbocycles. The third-order valence-electron chi connectivity index (χ3n) is 4.27. The highest BCUT2D eigenvalue weighted by atomic mass is 15.2. The molecule has 2 aliphatic heterocycles. The van der Waals surface area contributed by atoms with Crippen molar-refractivity contribution in [1.82, 2.24) is 4.90 Å². The van der Waals surface area contributed by atoms with Crippen molar-refractivity contribution in [2.45, 2.75) is 25.7 Å². The van der Waals surface area contributed by atoms with Crippen LogP contribution >= 0.6 is 0 Å². The first-order valence-corrected chi connectivity index (χ1v) is 7.19. The molecule has 0 unspecified atom stereocenters. The Balaban J connectivity index is 1.69. The molecule has 2 aliphatic rings. The molecule has 0 bridgehead atoms. The summed E-state index contributed by atoms with van der Waals surface area (Å²) in [6.45, 7) is 6.12. The van der Waals surface area contributed by atoms with E-state index in [0.717, 1.165) is 18.7 Å². The fourth-order valence-electron chi connectivity index (χ4n) is 3.23. The largest absolute Gasteiger partial charge is 0.398 e. The molecule has 0 atom stereocenters. The van der Waals surface area contributed by atoms with Gasteiger partial charge in [-0.25, -0.2) is 0 Å². The van der Waals surface area contributed by atoms with Gasteiger partial charge in [-0.15, -0.1) is 0 Å². The zero-order valence-electron chi connectivity index (χ0n) is 11.1. The molecule has 1 fully saturated rings. The van der Waals surface area contributed by atoms with Crippen LogP contribution in [0.2, 0.25) is 0 Å². The van der Waals surface area contributed by atoms with Gasteiger partial charge >= 0.3 is 0 Å². The second-order valence-electron chi connectivity index (χ2n) is 5.48. The van der Waals surface area contributed by atoms with Crippen LogP contribution in [0.25, 0.3) is 0 Å². The van der Waals surface area contributed by atoms with Crippen molar-refractivity contribution < 1.29 is 0 Å². The number of nitrogens with zero attached hydrogens (tertiary/aromatic N) is 2. The third-order valence-corrected chi connectivity index (χ3v) is 4.27. The van der Waals surface area contributed by atoms with Gasteiger partial charge in [-0.2, -0.15) is 0 Å². The summed E-state index contributed by atoms with van der Waals surface area (Å²) in [5, 5.41) is 0. The molecular weight excluding hydrogens is 222 g/mol. The zero-order valence-corrected chi connectivity index (χ0v) is 11.1. The summed E-state index contributed by atoms with van der Waals surface area (Å²) in [6, 6.07) is 6.35. The lowest BCUT2D eigenvalue weighted by molar-refractivity contribution is 0.343. The summed E-state index contributed by atoms with van der Waals surface area (Å²) in [6.07, 6.45) is 5.14. The molecule has 0 radical (unpaired) electrons. The maximum absolute atomic E-state index is 6.08. The number of nitrogens with two attached hydrogens (primary N) is 1. The highest BCUT2D eigenvalue weighted by Crippen LogP contribution is 2.31. The molecule has 2 heterocycles. The van der Waals surface area contributed by atoms with Crippen molar-refractivity contribution in [2.75, 3.05) is 43.4 Å². The summed E-state index contributed by atoms with van der Waals surface area (Å²) in [5.74, 6) is 0. The SMILES string of the molecule is Nc1cccc2c1CCCN2CCN1CCCC1. The second-order valence-corrected chi connectivity index (χ2v) is 5.48. The minimum absolute atomic E-state index is 0.971. The van der Waals surface area contributed by atoms with E-state index in [1.165, 1.54) is 56.7 Å². The average molecular weight is 245 g/mol. The van der Waals surface area contributed by atoms with Crippen molar-refractivity contribution in [1.29, 1.82) is 0 Å². The van der Waals surface area contributed by atoms with Gasteiger partial charge in [0, 0.05) is 31.0 Å². The van der Waals surface area contributed by atoms with Crippen molar-refractivity contribution in [3.63, 3.8) is 0 Å². The monoisotopic (exact) mass is 245 g/mol. The fourth-order valence-corrected chi connectivity index (χ4v) is 3.23. The first-order valence-electron chi connectivity index (χ1n) is 7.19. The van der Waals surface area contributed by atoms with Crippen molar-refractivity contribution in [3.8, 4) is 0 Å². The molecular formula is C15H23N3. The van der Waals surface area contributed by atoms with Crippen LogP contribution in [0.3, 0.4) is 0 Å². The molecule has 0 aromatic heterocycles. The number of nitrogen functional groups attached to an aromatic ring is 1. The van der Waals surface area contributed by atoms with E-state index in [-0.39, 0.29) is 0 Å². The van der Waals surface area contributed by atoms with E-state index in [4.69, 9.17) is 5.73 Å². The number of benzene rings is 1. The lowest BCUT2D eigenvalue weighted by Gasteiger charge is -2.33. The van der Waals surface area contributed by atoms with Gasteiger partial charge in [0.1, 0.15) is 0 Å². The van der Waals surface area contributed by atoms with E-state index in [1.807, 2.05) is 6.07 Å². The normalized spacial score (nSPS) is 20.1. The Labute approximate surface area is 110 Å². The quantitative estimate of drug-likeness (QED) is 0.828. The first kappa shape index (κ1) is 11.8. The summed E-state index contributed by atoms with van der Waals surface area (Å²) in [7, 11) is 0. The van der Waals surface area contributed by atoms with Crippen LogP contribution < -0.4 is 10.6 Å². The van der Waals surface area contributed by atoms with Crippen molar-refractivity contribution >= 4 is 11.4 Å². The summed E-state index contributed by atoms with van der Waals surface area (Å²) >= 11 is 0. The van der Waals surface area contributed by atoms with Crippen LogP contribution in [0, 0.1) is 0 Å². The van der Waals surface area contributed by atoms with Gasteiger partial charge < -0.3 is 15.5 Å². The van der Waals surface area contributed by atoms with Crippen LogP contribution in [0.4, 0.5) is 11.4 Å². The predicted molar refractivity (Wildman–Crippen MR) is 77.1 cm³/mol. The summed E-state index contributed by atoms with van der Waals surface area (Å²) in [5.41, 5.74) is 9.80. The topological polar surface area (TPSA) is 32.5 Å². The van der Waals surface area contributed by atoms with Gasteiger partial charge in [-0.1, -0.05) is 6.07 Å². The molecule has 98 valence electrons. The highest BCUT2D eigenvalue weighted by Gasteiger charge is 2.19. The van der Waals surface area contributed by atoms with E-state index in [1.54, 1.807) is 0 Å². The minimum Gasteiger partial charge on any atom is -0.398 e. The molecule has 1 saturated heterocycles. The van der Waals surface area contributed by atoms with Gasteiger partial charge in [0.25, 0.3) is 0 Å². The Morgan fingerprint density at radius 1 is 1.00 bits per heavy atom. The van der Waals surface area contributed by atoms with Gasteiger partial charge in [0.05, 0.1) is 0 Å². The van der Waals surface area contributed by atoms with Crippen LogP contribution in [-0.4, -0.2) is 37.6 Å². The molecule has 3 rings (SSSR count). The van der Waals surface area contributed by atoms with Crippen LogP contribution in [0.15, 0.2) is 18.2 Å². The molecule has 0 amide bonds. The average Bonchev–Trinajstić information content (AvgIpc) is 2.90. The van der Waals surface area contributed by atoms with E-state index in [2.05, 4.69) is 21.9 Å². The number of likely N-dealkylation sites (tertiary alicyclic amines) is 1. The van der Waals surface area contributed by atoms with E-state index in [9.17, 15) is 0 Å². The first-order chi connectivity index (χ1) is 8.84. The molecule has 0 aliphatic carbocycles. The maximum Gasteiger partial charge on any atom is 0.0419 e. The van der Waals surface area contributed by atoms with Gasteiger partial charge in [0.15, 0.2) is 0 Å². The molecule has 3 nitrogen and oxygen atoms in total. The molecule has 1 aromatic rings. The summed E-state index contributed by atoms with van der Waals surface area (Å²) in [4.78, 5) is 5.11. The van der Waals surface area contributed by atoms with E-state index < -0.39 is 0 Å². The summed E-state index contributed by atoms with van der Waals surface area (Å²) < 4.78 is 0. The zero-order chi connectivity index (χ0) is 12.4. The van der Waals surface area contributed by atoms with Crippen molar-refractivity contribution in [3.05, 3.63) is 23.8 Å². The Morgan fingerprint density at radius 2 is 1.83 bits per heavy atom. The third kappa shape index (κ3) is 2.32. The molecule has 0 saturated carbocycles. The standard InChI is InChI=1S/C15H23N3/c16-14-6-3-7-15-13(14)5-4-10-18(15)12-11-17-8-1-2-9-17/h3,6-7H,1-2,4-5,8-12,16H2. The maximum atomic E-state index is 6.08. The van der Waals surface area contributed by atoms with Crippen molar-refractivity contribution in [2.24, 2.45) is 0 Å². The highest BCUT2D eigenvalue weighted by molar-refractivity contribution is 5.66. The molecule has 3 heteroatoms. The number of hydrogen-bond donors (Lipinski definition) is 1. The Morgan fingerprint density at radius 3 is 2.67 bits per heavy atom. The van der Waals surface area contributed by atoms with Gasteiger partial charge in [-0.3, -0.25) is 0 Å². The Kier molecular flexibility index (Phi) is 3.41. The smallest absolute Gasteiger partial charge is 0.0419 e. The fraction of sp³-hybridized carbons (Fsp3) is 0.600. The Hall–Kier alpha value is -1.22. The lowest BCUT2D eigenvalue weighted by Crippen LogP contribution is -2.37. The van der Waals surface area contributed by atoms with Crippen LogP contribution in [0.1, 0.15) is 24.8 Å². The number of rotatable bonds is 3. The lowest BCUT2D eigenvalue weighted by atomic mass is 10.00. The minimum atomic E-state index is 0.971. The Bertz CT molecular complexity index is 410. The van der Waals surface area contributed by atoms with Crippen LogP contribution in [0.5, 0.6) is 0 Å². The van der Waals surface area contributed by atoms with Gasteiger partial charge in [0.2, 0.25) is 0 Å². The van der Waals surface area contributed by atoms with E-state index in [0.29, 0.717) is 0 Å². The number of fused-ring (bicyclic) bond motifs is 1. The van der Waals surface area contributed by atoms with Gasteiger partial charge in [-0.05, 0) is 56.5 Å². The number of anilines is 2. The molecule has 18 heavy (non-hydrogen) atoms.